The topological polar surface area (TPSA) is 70.7 Å². The molecule has 1 heterocycles. The first-order chi connectivity index (χ1) is 12.5. The number of carbonyl (C=O) groups is 2. The molecule has 2 N–H and O–H groups in total. The summed E-state index contributed by atoms with van der Waals surface area (Å²) in [5.74, 6) is -0.457. The number of benzene rings is 2. The van der Waals surface area contributed by atoms with Crippen LogP contribution in [0.4, 0.5) is 17.1 Å². The highest BCUT2D eigenvalue weighted by atomic mass is 35.5. The number of ether oxygens (including phenoxy) is 1. The number of para-hydroxylation sites is 1. The van der Waals surface area contributed by atoms with Gasteiger partial charge in [0.05, 0.1) is 29.6 Å². The first-order valence-corrected chi connectivity index (χ1v) is 8.72. The molecule has 1 saturated heterocycles. The van der Waals surface area contributed by atoms with E-state index < -0.39 is 0 Å². The Morgan fingerprint density at radius 3 is 2.54 bits per heavy atom. The molecule has 0 aromatic heterocycles. The minimum atomic E-state index is -0.269. The maximum atomic E-state index is 12.7. The van der Waals surface area contributed by atoms with E-state index in [4.69, 9.17) is 16.3 Å². The van der Waals surface area contributed by atoms with Gasteiger partial charge in [0.15, 0.2) is 0 Å². The normalized spacial score (nSPS) is 14.0. The smallest absolute Gasteiger partial charge is 0.255 e. The number of halogens is 1. The van der Waals surface area contributed by atoms with E-state index in [0.717, 1.165) is 5.69 Å². The predicted molar refractivity (Wildman–Crippen MR) is 103 cm³/mol. The van der Waals surface area contributed by atoms with Crippen molar-refractivity contribution >= 4 is 40.5 Å². The molecule has 1 fully saturated rings. The number of morpholine rings is 1. The standard InChI is InChI=1S/C19H20ClN3O3/c1-13(24)21-15-5-2-4-14(12-15)19(25)22-17-7-3-6-16(20)18(17)23-8-10-26-11-9-23/h2-7,12H,8-11H2,1H3,(H,21,24)(H,22,25). The maximum Gasteiger partial charge on any atom is 0.255 e. The summed E-state index contributed by atoms with van der Waals surface area (Å²) in [6.45, 7) is 4.09. The number of hydrogen-bond acceptors (Lipinski definition) is 4. The molecule has 2 aromatic rings. The Bertz CT molecular complexity index is 819. The van der Waals surface area contributed by atoms with E-state index in [9.17, 15) is 9.59 Å². The molecule has 0 bridgehead atoms. The molecule has 136 valence electrons. The summed E-state index contributed by atoms with van der Waals surface area (Å²) in [5, 5.41) is 6.18. The molecule has 0 atom stereocenters. The Labute approximate surface area is 157 Å². The summed E-state index contributed by atoms with van der Waals surface area (Å²) in [6, 6.07) is 12.2. The van der Waals surface area contributed by atoms with Gasteiger partial charge in [-0.15, -0.1) is 0 Å². The van der Waals surface area contributed by atoms with Crippen molar-refractivity contribution in [1.82, 2.24) is 0 Å². The number of amides is 2. The molecular weight excluding hydrogens is 354 g/mol. The third-order valence-electron chi connectivity index (χ3n) is 4.01. The first kappa shape index (κ1) is 18.2. The molecule has 2 amide bonds. The summed E-state index contributed by atoms with van der Waals surface area (Å²) in [7, 11) is 0. The minimum absolute atomic E-state index is 0.188. The van der Waals surface area contributed by atoms with Crippen molar-refractivity contribution in [3.63, 3.8) is 0 Å². The highest BCUT2D eigenvalue weighted by Gasteiger charge is 2.19. The highest BCUT2D eigenvalue weighted by molar-refractivity contribution is 6.34. The van der Waals surface area contributed by atoms with Crippen molar-refractivity contribution in [3.8, 4) is 0 Å². The van der Waals surface area contributed by atoms with Gasteiger partial charge in [0.2, 0.25) is 5.91 Å². The molecule has 0 radical (unpaired) electrons. The van der Waals surface area contributed by atoms with Gasteiger partial charge in [-0.3, -0.25) is 9.59 Å². The van der Waals surface area contributed by atoms with E-state index in [2.05, 4.69) is 15.5 Å². The Kier molecular flexibility index (Phi) is 5.75. The second-order valence-electron chi connectivity index (χ2n) is 5.95. The summed E-state index contributed by atoms with van der Waals surface area (Å²) < 4.78 is 5.39. The molecule has 26 heavy (non-hydrogen) atoms. The number of rotatable bonds is 4. The van der Waals surface area contributed by atoms with E-state index in [0.29, 0.717) is 48.3 Å². The largest absolute Gasteiger partial charge is 0.378 e. The van der Waals surface area contributed by atoms with Crippen LogP contribution in [0.2, 0.25) is 5.02 Å². The summed E-state index contributed by atoms with van der Waals surface area (Å²) in [5.41, 5.74) is 2.46. The second-order valence-corrected chi connectivity index (χ2v) is 6.36. The highest BCUT2D eigenvalue weighted by Crippen LogP contribution is 2.34. The fraction of sp³-hybridized carbons (Fsp3) is 0.263. The second kappa shape index (κ2) is 8.21. The first-order valence-electron chi connectivity index (χ1n) is 8.35. The zero-order chi connectivity index (χ0) is 18.5. The third-order valence-corrected chi connectivity index (χ3v) is 4.31. The van der Waals surface area contributed by atoms with Gasteiger partial charge in [0.25, 0.3) is 5.91 Å². The van der Waals surface area contributed by atoms with E-state index >= 15 is 0 Å². The Hall–Kier alpha value is -2.57. The molecular formula is C19H20ClN3O3. The molecule has 1 aliphatic rings. The van der Waals surface area contributed by atoms with E-state index in [-0.39, 0.29) is 11.8 Å². The van der Waals surface area contributed by atoms with Gasteiger partial charge in [-0.25, -0.2) is 0 Å². The molecule has 2 aromatic carbocycles. The van der Waals surface area contributed by atoms with Crippen LogP contribution in [0.15, 0.2) is 42.5 Å². The molecule has 3 rings (SSSR count). The number of carbonyl (C=O) groups excluding carboxylic acids is 2. The number of anilines is 3. The third kappa shape index (κ3) is 4.33. The number of nitrogens with one attached hydrogen (secondary N) is 2. The predicted octanol–water partition coefficient (Wildman–Crippen LogP) is 3.39. The minimum Gasteiger partial charge on any atom is -0.378 e. The van der Waals surface area contributed by atoms with Gasteiger partial charge in [0, 0.05) is 31.3 Å². The van der Waals surface area contributed by atoms with Gasteiger partial charge in [-0.05, 0) is 30.3 Å². The van der Waals surface area contributed by atoms with Crippen LogP contribution in [-0.2, 0) is 9.53 Å². The van der Waals surface area contributed by atoms with Crippen LogP contribution < -0.4 is 15.5 Å². The van der Waals surface area contributed by atoms with Gasteiger partial charge in [-0.1, -0.05) is 23.7 Å². The van der Waals surface area contributed by atoms with Crippen LogP contribution >= 0.6 is 11.6 Å². The summed E-state index contributed by atoms with van der Waals surface area (Å²) in [4.78, 5) is 26.0. The van der Waals surface area contributed by atoms with Gasteiger partial charge in [-0.2, -0.15) is 0 Å². The van der Waals surface area contributed by atoms with Gasteiger partial charge in [0.1, 0.15) is 0 Å². The van der Waals surface area contributed by atoms with Crippen molar-refractivity contribution in [2.45, 2.75) is 6.92 Å². The molecule has 7 heteroatoms. The van der Waals surface area contributed by atoms with Crippen molar-refractivity contribution in [1.29, 1.82) is 0 Å². The zero-order valence-corrected chi connectivity index (χ0v) is 15.2. The van der Waals surface area contributed by atoms with Crippen LogP contribution in [0.5, 0.6) is 0 Å². The van der Waals surface area contributed by atoms with Crippen LogP contribution in [-0.4, -0.2) is 38.1 Å². The van der Waals surface area contributed by atoms with Crippen LogP contribution in [0.25, 0.3) is 0 Å². The monoisotopic (exact) mass is 373 g/mol. The van der Waals surface area contributed by atoms with E-state index in [1.54, 1.807) is 36.4 Å². The molecule has 1 aliphatic heterocycles. The summed E-state index contributed by atoms with van der Waals surface area (Å²) >= 11 is 6.39. The van der Waals surface area contributed by atoms with Crippen LogP contribution in [0.3, 0.4) is 0 Å². The fourth-order valence-corrected chi connectivity index (χ4v) is 3.15. The zero-order valence-electron chi connectivity index (χ0n) is 14.4. The Balaban J connectivity index is 1.83. The fourth-order valence-electron chi connectivity index (χ4n) is 2.86. The lowest BCUT2D eigenvalue weighted by Gasteiger charge is -2.31. The molecule has 0 saturated carbocycles. The van der Waals surface area contributed by atoms with Crippen molar-refractivity contribution in [2.75, 3.05) is 41.8 Å². The van der Waals surface area contributed by atoms with E-state index in [1.165, 1.54) is 6.92 Å². The average Bonchev–Trinajstić information content (AvgIpc) is 2.62. The quantitative estimate of drug-likeness (QED) is 0.861. The van der Waals surface area contributed by atoms with E-state index in [1.807, 2.05) is 6.07 Å². The summed E-state index contributed by atoms with van der Waals surface area (Å²) in [6.07, 6.45) is 0. The van der Waals surface area contributed by atoms with Crippen molar-refractivity contribution in [2.24, 2.45) is 0 Å². The Morgan fingerprint density at radius 1 is 1.08 bits per heavy atom. The number of nitrogens with zero attached hydrogens (tertiary/aromatic N) is 1. The lowest BCUT2D eigenvalue weighted by Crippen LogP contribution is -2.37. The van der Waals surface area contributed by atoms with Crippen LogP contribution in [0, 0.1) is 0 Å². The maximum absolute atomic E-state index is 12.7. The van der Waals surface area contributed by atoms with Crippen LogP contribution in [0.1, 0.15) is 17.3 Å². The van der Waals surface area contributed by atoms with Gasteiger partial charge < -0.3 is 20.3 Å². The average molecular weight is 374 g/mol. The molecule has 0 spiro atoms. The SMILES string of the molecule is CC(=O)Nc1cccc(C(=O)Nc2cccc(Cl)c2N2CCOCC2)c1. The van der Waals surface area contributed by atoms with Gasteiger partial charge >= 0.3 is 0 Å². The lowest BCUT2D eigenvalue weighted by atomic mass is 10.1. The van der Waals surface area contributed by atoms with Crippen molar-refractivity contribution in [3.05, 3.63) is 53.1 Å². The molecule has 0 unspecified atom stereocenters. The van der Waals surface area contributed by atoms with Crippen molar-refractivity contribution < 1.29 is 14.3 Å². The molecule has 0 aliphatic carbocycles. The number of hydrogen-bond donors (Lipinski definition) is 2. The lowest BCUT2D eigenvalue weighted by molar-refractivity contribution is -0.114. The Morgan fingerprint density at radius 2 is 1.81 bits per heavy atom. The molecule has 6 nitrogen and oxygen atoms in total.